The molecule has 1 unspecified atom stereocenters. The van der Waals surface area contributed by atoms with Crippen LogP contribution in [0.4, 0.5) is 0 Å². The van der Waals surface area contributed by atoms with E-state index in [-0.39, 0.29) is 6.04 Å². The van der Waals surface area contributed by atoms with Gasteiger partial charge in [-0.1, -0.05) is 6.92 Å². The first-order valence-electron chi connectivity index (χ1n) is 3.44. The van der Waals surface area contributed by atoms with Crippen LogP contribution in [-0.2, 0) is 0 Å². The maximum absolute atomic E-state index is 9.35. The van der Waals surface area contributed by atoms with Crippen LogP contribution in [0.2, 0.25) is 0 Å². The van der Waals surface area contributed by atoms with E-state index in [0.29, 0.717) is 0 Å². The van der Waals surface area contributed by atoms with E-state index in [2.05, 4.69) is 5.32 Å². The lowest BCUT2D eigenvalue weighted by molar-refractivity contribution is 0.0451. The van der Waals surface area contributed by atoms with Gasteiger partial charge in [-0.15, -0.1) is 0 Å². The lowest BCUT2D eigenvalue weighted by atomic mass is 10.0. The Morgan fingerprint density at radius 3 is 2.11 bits per heavy atom. The smallest absolute Gasteiger partial charge is 0.0741 e. The number of likely N-dealkylation sites (N-methyl/N-ethyl adjacent to an activating group) is 1. The van der Waals surface area contributed by atoms with Crippen molar-refractivity contribution in [1.82, 2.24) is 5.32 Å². The number of aliphatic hydroxyl groups is 1. The van der Waals surface area contributed by atoms with E-state index in [9.17, 15) is 5.11 Å². The molecule has 0 aliphatic heterocycles. The van der Waals surface area contributed by atoms with Crippen LogP contribution in [-0.4, -0.2) is 23.3 Å². The first-order chi connectivity index (χ1) is 3.98. The molecule has 0 aliphatic carbocycles. The topological polar surface area (TPSA) is 32.3 Å². The molecule has 0 spiro atoms. The summed E-state index contributed by atoms with van der Waals surface area (Å²) in [6.45, 7) is 8.53. The monoisotopic (exact) mass is 131 g/mol. The highest BCUT2D eigenvalue weighted by Crippen LogP contribution is 2.06. The molecule has 0 aromatic rings. The summed E-state index contributed by atoms with van der Waals surface area (Å²) in [5.74, 6) is 0. The van der Waals surface area contributed by atoms with Crippen molar-refractivity contribution in [1.29, 1.82) is 0 Å². The predicted octanol–water partition coefficient (Wildman–Crippen LogP) is 0.755. The second-order valence-corrected chi connectivity index (χ2v) is 2.93. The van der Waals surface area contributed by atoms with E-state index in [4.69, 9.17) is 0 Å². The van der Waals surface area contributed by atoms with Crippen LogP contribution < -0.4 is 5.32 Å². The molecule has 1 atom stereocenters. The summed E-state index contributed by atoms with van der Waals surface area (Å²) in [6, 6.07) is 0.169. The standard InChI is InChI=1S/C7H17NO/c1-5-8-6(2)7(3,4)9/h6,8-9H,5H2,1-4H3. The minimum Gasteiger partial charge on any atom is -0.389 e. The third-order valence-electron chi connectivity index (χ3n) is 1.57. The van der Waals surface area contributed by atoms with E-state index in [0.717, 1.165) is 6.54 Å². The molecule has 2 heteroatoms. The van der Waals surface area contributed by atoms with Crippen LogP contribution in [0.1, 0.15) is 27.7 Å². The Hall–Kier alpha value is -0.0800. The SMILES string of the molecule is CCNC(C)C(C)(C)O. The van der Waals surface area contributed by atoms with Crippen LogP contribution in [0.15, 0.2) is 0 Å². The van der Waals surface area contributed by atoms with Gasteiger partial charge in [-0.2, -0.15) is 0 Å². The molecular formula is C7H17NO. The molecule has 0 rings (SSSR count). The average molecular weight is 131 g/mol. The second-order valence-electron chi connectivity index (χ2n) is 2.93. The molecule has 2 nitrogen and oxygen atoms in total. The van der Waals surface area contributed by atoms with Crippen molar-refractivity contribution < 1.29 is 5.11 Å². The summed E-state index contributed by atoms with van der Waals surface area (Å²) in [5, 5.41) is 12.5. The molecule has 0 fully saturated rings. The Bertz CT molecular complexity index is 75.5. The summed E-state index contributed by atoms with van der Waals surface area (Å²) in [5.41, 5.74) is -0.601. The highest BCUT2D eigenvalue weighted by molar-refractivity contribution is 4.78. The predicted molar refractivity (Wildman–Crippen MR) is 39.4 cm³/mol. The van der Waals surface area contributed by atoms with E-state index >= 15 is 0 Å². The van der Waals surface area contributed by atoms with Crippen molar-refractivity contribution in [3.8, 4) is 0 Å². The minimum absolute atomic E-state index is 0.169. The fourth-order valence-electron chi connectivity index (χ4n) is 0.556. The van der Waals surface area contributed by atoms with E-state index < -0.39 is 5.60 Å². The number of hydrogen-bond donors (Lipinski definition) is 2. The van der Waals surface area contributed by atoms with Gasteiger partial charge in [0, 0.05) is 6.04 Å². The van der Waals surface area contributed by atoms with Gasteiger partial charge in [0.25, 0.3) is 0 Å². The van der Waals surface area contributed by atoms with Crippen LogP contribution >= 0.6 is 0 Å². The molecule has 0 aliphatic rings. The minimum atomic E-state index is -0.601. The largest absolute Gasteiger partial charge is 0.389 e. The molecule has 0 amide bonds. The van der Waals surface area contributed by atoms with Gasteiger partial charge in [0.2, 0.25) is 0 Å². The van der Waals surface area contributed by atoms with Gasteiger partial charge in [-0.3, -0.25) is 0 Å². The zero-order valence-corrected chi connectivity index (χ0v) is 6.73. The van der Waals surface area contributed by atoms with E-state index in [1.165, 1.54) is 0 Å². The van der Waals surface area contributed by atoms with Gasteiger partial charge in [0.15, 0.2) is 0 Å². The van der Waals surface area contributed by atoms with Crippen molar-refractivity contribution in [2.75, 3.05) is 6.54 Å². The van der Waals surface area contributed by atoms with Crippen LogP contribution in [0, 0.1) is 0 Å². The average Bonchev–Trinajstić information content (AvgIpc) is 1.64. The fraction of sp³-hybridized carbons (Fsp3) is 1.00. The zero-order valence-electron chi connectivity index (χ0n) is 6.73. The highest BCUT2D eigenvalue weighted by atomic mass is 16.3. The number of rotatable bonds is 3. The Morgan fingerprint density at radius 2 is 2.00 bits per heavy atom. The maximum atomic E-state index is 9.35. The van der Waals surface area contributed by atoms with Crippen LogP contribution in [0.25, 0.3) is 0 Å². The molecule has 0 aromatic carbocycles. The molecule has 0 saturated heterocycles. The normalized spacial score (nSPS) is 15.7. The van der Waals surface area contributed by atoms with Crippen molar-refractivity contribution in [2.24, 2.45) is 0 Å². The van der Waals surface area contributed by atoms with Crippen molar-refractivity contribution in [3.05, 3.63) is 0 Å². The summed E-state index contributed by atoms with van der Waals surface area (Å²) < 4.78 is 0. The Kier molecular flexibility index (Phi) is 3.15. The van der Waals surface area contributed by atoms with Gasteiger partial charge in [-0.25, -0.2) is 0 Å². The zero-order chi connectivity index (χ0) is 7.49. The molecular weight excluding hydrogens is 114 g/mol. The second kappa shape index (κ2) is 3.18. The molecule has 9 heavy (non-hydrogen) atoms. The Labute approximate surface area is 57.3 Å². The quantitative estimate of drug-likeness (QED) is 0.592. The van der Waals surface area contributed by atoms with Crippen molar-refractivity contribution >= 4 is 0 Å². The maximum Gasteiger partial charge on any atom is 0.0741 e. The summed E-state index contributed by atoms with van der Waals surface area (Å²) in [7, 11) is 0. The number of hydrogen-bond acceptors (Lipinski definition) is 2. The summed E-state index contributed by atoms with van der Waals surface area (Å²) in [6.07, 6.45) is 0. The third kappa shape index (κ3) is 3.49. The third-order valence-corrected chi connectivity index (χ3v) is 1.57. The van der Waals surface area contributed by atoms with Gasteiger partial charge in [-0.05, 0) is 27.3 Å². The van der Waals surface area contributed by atoms with Crippen molar-refractivity contribution in [2.45, 2.75) is 39.3 Å². The van der Waals surface area contributed by atoms with E-state index in [1.54, 1.807) is 13.8 Å². The van der Waals surface area contributed by atoms with Gasteiger partial charge >= 0.3 is 0 Å². The van der Waals surface area contributed by atoms with Gasteiger partial charge in [0.05, 0.1) is 5.60 Å². The first-order valence-corrected chi connectivity index (χ1v) is 3.44. The lowest BCUT2D eigenvalue weighted by Crippen LogP contribution is -2.44. The lowest BCUT2D eigenvalue weighted by Gasteiger charge is -2.26. The molecule has 0 radical (unpaired) electrons. The first kappa shape index (κ1) is 8.92. The molecule has 56 valence electrons. The number of nitrogens with one attached hydrogen (secondary N) is 1. The van der Waals surface area contributed by atoms with Crippen LogP contribution in [0.5, 0.6) is 0 Å². The Balaban J connectivity index is 3.59. The highest BCUT2D eigenvalue weighted by Gasteiger charge is 2.20. The summed E-state index contributed by atoms with van der Waals surface area (Å²) in [4.78, 5) is 0. The molecule has 0 aromatic heterocycles. The van der Waals surface area contributed by atoms with Crippen LogP contribution in [0.3, 0.4) is 0 Å². The van der Waals surface area contributed by atoms with Gasteiger partial charge in [0.1, 0.15) is 0 Å². The molecule has 0 bridgehead atoms. The van der Waals surface area contributed by atoms with Gasteiger partial charge < -0.3 is 10.4 Å². The van der Waals surface area contributed by atoms with Crippen molar-refractivity contribution in [3.63, 3.8) is 0 Å². The fourth-order valence-corrected chi connectivity index (χ4v) is 0.556. The summed E-state index contributed by atoms with van der Waals surface area (Å²) >= 11 is 0. The Morgan fingerprint density at radius 1 is 1.56 bits per heavy atom. The molecule has 0 heterocycles. The van der Waals surface area contributed by atoms with E-state index in [1.807, 2.05) is 13.8 Å². The molecule has 2 N–H and O–H groups in total. The molecule has 0 saturated carbocycles.